The van der Waals surface area contributed by atoms with Gasteiger partial charge in [0.15, 0.2) is 30.9 Å². The van der Waals surface area contributed by atoms with Gasteiger partial charge >= 0.3 is 0 Å². The van der Waals surface area contributed by atoms with Crippen LogP contribution in [0.5, 0.6) is 0 Å². The summed E-state index contributed by atoms with van der Waals surface area (Å²) in [6.07, 6.45) is -22.1. The molecule has 23 heteroatoms. The molecular formula is C51H84O23. The molecule has 0 radical (unpaired) electrons. The molecule has 0 aromatic heterocycles. The number of rotatable bonds is 15. The Morgan fingerprint density at radius 2 is 1.22 bits per heavy atom. The first-order chi connectivity index (χ1) is 35.0. The van der Waals surface area contributed by atoms with Gasteiger partial charge in [-0.1, -0.05) is 39.3 Å². The van der Waals surface area contributed by atoms with Crippen LogP contribution in [0.4, 0.5) is 0 Å². The van der Waals surface area contributed by atoms with Crippen molar-refractivity contribution in [1.82, 2.24) is 0 Å². The van der Waals surface area contributed by atoms with Gasteiger partial charge in [0.05, 0.1) is 44.7 Å². The molecule has 0 amide bonds. The van der Waals surface area contributed by atoms with Crippen LogP contribution in [0, 0.1) is 46.3 Å². The van der Waals surface area contributed by atoms with Crippen molar-refractivity contribution in [2.45, 2.75) is 233 Å². The summed E-state index contributed by atoms with van der Waals surface area (Å²) in [6.45, 7) is 8.35. The van der Waals surface area contributed by atoms with Gasteiger partial charge < -0.3 is 114 Å². The van der Waals surface area contributed by atoms with Crippen molar-refractivity contribution in [1.29, 1.82) is 0 Å². The smallest absolute Gasteiger partial charge is 0.187 e. The van der Waals surface area contributed by atoms with Gasteiger partial charge in [-0.2, -0.15) is 0 Å². The highest BCUT2D eigenvalue weighted by molar-refractivity contribution is 5.26. The second kappa shape index (κ2) is 22.4. The van der Waals surface area contributed by atoms with E-state index in [1.807, 2.05) is 6.92 Å². The monoisotopic (exact) mass is 1060 g/mol. The van der Waals surface area contributed by atoms with Crippen molar-refractivity contribution in [3.8, 4) is 0 Å². The Balaban J connectivity index is 0.849. The van der Waals surface area contributed by atoms with E-state index in [4.69, 9.17) is 42.6 Å². The quantitative estimate of drug-likeness (QED) is 0.0727. The summed E-state index contributed by atoms with van der Waals surface area (Å²) in [5.74, 6) is -0.310. The van der Waals surface area contributed by atoms with Crippen LogP contribution in [-0.2, 0) is 42.6 Å². The molecule has 0 aromatic rings. The van der Waals surface area contributed by atoms with Crippen LogP contribution in [0.15, 0.2) is 11.6 Å². The third-order valence-electron chi connectivity index (χ3n) is 19.5. The van der Waals surface area contributed by atoms with Crippen molar-refractivity contribution in [2.75, 3.05) is 26.4 Å². The molecule has 14 N–H and O–H groups in total. The lowest BCUT2D eigenvalue weighted by Crippen LogP contribution is -2.67. The van der Waals surface area contributed by atoms with E-state index in [1.54, 1.807) is 0 Å². The molecule has 31 atom stereocenters. The Morgan fingerprint density at radius 3 is 1.86 bits per heavy atom. The minimum Gasteiger partial charge on any atom is -0.394 e. The van der Waals surface area contributed by atoms with E-state index in [1.165, 1.54) is 12.5 Å². The average Bonchev–Trinajstić information content (AvgIpc) is 3.82. The van der Waals surface area contributed by atoms with E-state index in [9.17, 15) is 71.5 Å². The predicted molar refractivity (Wildman–Crippen MR) is 250 cm³/mol. The maximum absolute atomic E-state index is 12.1. The minimum atomic E-state index is -1.85. The SMILES string of the molecule is CC1O[C@@H](O[C@H]2C(O)[C@H](O[C@@H]3OC(CO)[C@@H](O)C(O)[C@@H]3O)C(CO)O[C@H]2OC2CC[C@@]3(C)C(=CC[C@H]4[C@@H]5CC6OC(O)(CC[C@@H](C)CO[C@@H]7OC(CO)[C@@H](O)C(O)[C@@H]7O)[C@@H](C)[C@@H]6[C@@]5(C)CC[C@@H]43)C2)[C@@H](O)C(O)[C@H]1O. The first kappa shape index (κ1) is 57.5. The maximum Gasteiger partial charge on any atom is 0.187 e. The Morgan fingerprint density at radius 1 is 0.635 bits per heavy atom. The molecule has 5 saturated heterocycles. The molecule has 0 aromatic carbocycles. The summed E-state index contributed by atoms with van der Waals surface area (Å²) in [7, 11) is 0. The van der Waals surface area contributed by atoms with Gasteiger partial charge in [0, 0.05) is 12.3 Å². The lowest BCUT2D eigenvalue weighted by molar-refractivity contribution is -0.389. The fourth-order valence-corrected chi connectivity index (χ4v) is 15.0. The van der Waals surface area contributed by atoms with E-state index in [0.717, 1.165) is 32.1 Å². The summed E-state index contributed by atoms with van der Waals surface area (Å²) < 4.78 is 54.4. The average molecular weight is 1070 g/mol. The molecule has 4 aliphatic carbocycles. The standard InChI is InChI=1S/C51H84O23/c1-20(19-66-45-39(61)37(59)34(56)29(16-52)69-45)8-13-51(65)21(2)32-28(74-51)15-27-25-7-6-23-14-24(9-11-49(23,4)26(25)10-12-50(27,32)5)68-48-44(73-46-40(62)36(58)33(55)22(3)67-46)42(64)43(31(18-54)71-48)72-47-41(63)38(60)35(57)30(17-53)70-47/h6,20-22,24-48,52-65H,7-19H2,1-5H3/t20-,21+,22?,24?,25-,26+,27+,28?,29?,30?,31?,32+,33+,34-,35-,36?,37?,38?,39+,40+,41+,42?,43-,44+,45-,46+,47+,48-,49+,50+,51?/m1/s1. The maximum atomic E-state index is 12.1. The molecule has 426 valence electrons. The third-order valence-corrected chi connectivity index (χ3v) is 19.5. The van der Waals surface area contributed by atoms with Crippen LogP contribution in [0.25, 0.3) is 0 Å². The zero-order valence-electron chi connectivity index (χ0n) is 42.9. The van der Waals surface area contributed by atoms with Crippen molar-refractivity contribution < 1.29 is 114 Å². The molecule has 23 nitrogen and oxygen atoms in total. The van der Waals surface area contributed by atoms with Gasteiger partial charge in [0.2, 0.25) is 0 Å². The van der Waals surface area contributed by atoms with Crippen molar-refractivity contribution in [3.05, 3.63) is 11.6 Å². The highest BCUT2D eigenvalue weighted by Gasteiger charge is 2.68. The van der Waals surface area contributed by atoms with Crippen molar-refractivity contribution in [3.63, 3.8) is 0 Å². The second-order valence-electron chi connectivity index (χ2n) is 23.8. The van der Waals surface area contributed by atoms with Crippen molar-refractivity contribution >= 4 is 0 Å². The van der Waals surface area contributed by atoms with Gasteiger partial charge in [-0.15, -0.1) is 0 Å². The van der Waals surface area contributed by atoms with Gasteiger partial charge in [-0.3, -0.25) is 0 Å². The number of aliphatic hydroxyl groups excluding tert-OH is 13. The summed E-state index contributed by atoms with van der Waals surface area (Å²) >= 11 is 0. The molecular weight excluding hydrogens is 981 g/mol. The topological polar surface area (TPSA) is 366 Å². The van der Waals surface area contributed by atoms with Crippen LogP contribution < -0.4 is 0 Å². The van der Waals surface area contributed by atoms with Crippen molar-refractivity contribution in [2.24, 2.45) is 46.3 Å². The Kier molecular flexibility index (Phi) is 17.4. The Bertz CT molecular complexity index is 1920. The molecule has 11 unspecified atom stereocenters. The van der Waals surface area contributed by atoms with Crippen LogP contribution in [0.2, 0.25) is 0 Å². The molecule has 9 rings (SSSR count). The number of aliphatic hydroxyl groups is 14. The zero-order valence-corrected chi connectivity index (χ0v) is 42.9. The van der Waals surface area contributed by atoms with Crippen LogP contribution in [0.3, 0.4) is 0 Å². The highest BCUT2D eigenvalue weighted by Crippen LogP contribution is 2.70. The molecule has 5 heterocycles. The Hall–Kier alpha value is -1.18. The minimum absolute atomic E-state index is 0.0705. The largest absolute Gasteiger partial charge is 0.394 e. The first-order valence-corrected chi connectivity index (χ1v) is 26.9. The summed E-state index contributed by atoms with van der Waals surface area (Å²) in [4.78, 5) is 0. The molecule has 5 aliphatic heterocycles. The van der Waals surface area contributed by atoms with Gasteiger partial charge in [0.1, 0.15) is 91.6 Å². The van der Waals surface area contributed by atoms with E-state index in [0.29, 0.717) is 43.4 Å². The summed E-state index contributed by atoms with van der Waals surface area (Å²) in [5, 5.41) is 148. The van der Waals surface area contributed by atoms with E-state index in [2.05, 4.69) is 26.8 Å². The van der Waals surface area contributed by atoms with Gasteiger partial charge in [-0.25, -0.2) is 0 Å². The molecule has 3 saturated carbocycles. The lowest BCUT2D eigenvalue weighted by Gasteiger charge is -2.58. The zero-order chi connectivity index (χ0) is 53.5. The van der Waals surface area contributed by atoms with E-state index < -0.39 is 155 Å². The van der Waals surface area contributed by atoms with Crippen LogP contribution in [0.1, 0.15) is 92.4 Å². The fourth-order valence-electron chi connectivity index (χ4n) is 15.0. The second-order valence-corrected chi connectivity index (χ2v) is 23.8. The number of allylic oxidation sites excluding steroid dienone is 1. The molecule has 0 spiro atoms. The molecule has 0 bridgehead atoms. The normalized spacial score (nSPS) is 54.9. The van der Waals surface area contributed by atoms with E-state index in [-0.39, 0.29) is 41.3 Å². The Labute approximate surface area is 430 Å². The summed E-state index contributed by atoms with van der Waals surface area (Å²) in [6, 6.07) is 0. The number of hydrogen-bond donors (Lipinski definition) is 14. The summed E-state index contributed by atoms with van der Waals surface area (Å²) in [5.41, 5.74) is 1.02. The number of ether oxygens (including phenoxy) is 9. The predicted octanol–water partition coefficient (Wildman–Crippen LogP) is -3.01. The van der Waals surface area contributed by atoms with Gasteiger partial charge in [0.25, 0.3) is 0 Å². The van der Waals surface area contributed by atoms with Gasteiger partial charge in [-0.05, 0) is 98.7 Å². The third kappa shape index (κ3) is 10.2. The molecule has 74 heavy (non-hydrogen) atoms. The molecule has 8 fully saturated rings. The lowest BCUT2D eigenvalue weighted by atomic mass is 9.47. The van der Waals surface area contributed by atoms with E-state index >= 15 is 0 Å². The molecule has 9 aliphatic rings. The van der Waals surface area contributed by atoms with Crippen LogP contribution in [-0.4, -0.2) is 239 Å². The fraction of sp³-hybridized carbons (Fsp3) is 0.961. The highest BCUT2D eigenvalue weighted by atomic mass is 16.8. The first-order valence-electron chi connectivity index (χ1n) is 26.9. The number of fused-ring (bicyclic) bond motifs is 7. The van der Waals surface area contributed by atoms with Crippen LogP contribution >= 0.6 is 0 Å². The number of hydrogen-bond acceptors (Lipinski definition) is 23.